The Labute approximate surface area is 239 Å². The molecule has 0 bridgehead atoms. The van der Waals surface area contributed by atoms with E-state index in [0.717, 1.165) is 14.3 Å². The molecule has 1 aliphatic rings. The number of anilines is 2. The van der Waals surface area contributed by atoms with E-state index in [1.807, 2.05) is 38.1 Å². The highest BCUT2D eigenvalue weighted by Crippen LogP contribution is 2.37. The van der Waals surface area contributed by atoms with Crippen LogP contribution in [0.3, 0.4) is 0 Å². The lowest BCUT2D eigenvalue weighted by atomic mass is 9.94. The highest BCUT2D eigenvalue weighted by Gasteiger charge is 2.41. The van der Waals surface area contributed by atoms with Crippen LogP contribution in [0.1, 0.15) is 25.8 Å². The molecular weight excluding hydrogens is 619 g/mol. The van der Waals surface area contributed by atoms with E-state index in [1.165, 1.54) is 33.9 Å². The average Bonchev–Trinajstić information content (AvgIpc) is 3.50. The number of rotatable bonds is 9. The lowest BCUT2D eigenvalue weighted by molar-refractivity contribution is -0.141. The van der Waals surface area contributed by atoms with Crippen molar-refractivity contribution in [2.45, 2.75) is 37.3 Å². The normalized spacial score (nSPS) is 16.5. The molecule has 38 heavy (non-hydrogen) atoms. The van der Waals surface area contributed by atoms with Crippen molar-refractivity contribution in [1.82, 2.24) is 13.9 Å². The fraction of sp³-hybridized carbons (Fsp3) is 0.320. The van der Waals surface area contributed by atoms with Gasteiger partial charge in [-0.25, -0.2) is 13.4 Å². The second-order valence-electron chi connectivity index (χ2n) is 9.64. The summed E-state index contributed by atoms with van der Waals surface area (Å²) in [7, 11) is -4.17. The smallest absolute Gasteiger partial charge is 0.307 e. The molecule has 202 valence electrons. The third kappa shape index (κ3) is 5.76. The fourth-order valence-electron chi connectivity index (χ4n) is 4.61. The predicted molar refractivity (Wildman–Crippen MR) is 149 cm³/mol. The minimum atomic E-state index is -4.17. The number of carboxylic acids is 1. The number of imidazole rings is 1. The van der Waals surface area contributed by atoms with Gasteiger partial charge in [0, 0.05) is 33.1 Å². The van der Waals surface area contributed by atoms with Crippen molar-refractivity contribution in [3.05, 3.63) is 68.7 Å². The van der Waals surface area contributed by atoms with Gasteiger partial charge in [0.2, 0.25) is 12.4 Å². The minimum absolute atomic E-state index is 0.0491. The van der Waals surface area contributed by atoms with E-state index in [2.05, 4.69) is 20.9 Å². The van der Waals surface area contributed by atoms with Crippen LogP contribution in [0.4, 0.5) is 11.6 Å². The standard InChI is InChI=1S/C25H25BrCl2N4O5S/c1-25(2,12-16-3-5-18(26)6-4-16)32-22(38(36,37)30-8-7-17(14-30)23(34)35)13-29-24(32)31(15-33)21-10-19(27)9-20(28)11-21/h3-6,9-11,13,15,17H,7-8,12,14H2,1-2H3,(H,34,35). The van der Waals surface area contributed by atoms with Crippen molar-refractivity contribution in [2.75, 3.05) is 18.0 Å². The summed E-state index contributed by atoms with van der Waals surface area (Å²) in [4.78, 5) is 29.5. The number of hydrogen-bond donors (Lipinski definition) is 1. The third-order valence-electron chi connectivity index (χ3n) is 6.42. The Morgan fingerprint density at radius 3 is 2.39 bits per heavy atom. The van der Waals surface area contributed by atoms with Crippen LogP contribution in [-0.2, 0) is 31.6 Å². The van der Waals surface area contributed by atoms with Gasteiger partial charge in [-0.2, -0.15) is 4.31 Å². The molecule has 0 saturated carbocycles. The zero-order valence-electron chi connectivity index (χ0n) is 20.5. The Balaban J connectivity index is 1.87. The average molecular weight is 644 g/mol. The first-order valence-electron chi connectivity index (χ1n) is 11.6. The third-order valence-corrected chi connectivity index (χ3v) is 9.21. The summed E-state index contributed by atoms with van der Waals surface area (Å²) in [5.74, 6) is -1.79. The van der Waals surface area contributed by atoms with Crippen molar-refractivity contribution in [2.24, 2.45) is 5.92 Å². The fourth-order valence-corrected chi connectivity index (χ4v) is 7.12. The van der Waals surface area contributed by atoms with E-state index in [9.17, 15) is 23.1 Å². The maximum Gasteiger partial charge on any atom is 0.307 e. The van der Waals surface area contributed by atoms with Gasteiger partial charge in [-0.3, -0.25) is 19.1 Å². The summed E-state index contributed by atoms with van der Waals surface area (Å²) in [6.45, 7) is 3.61. The molecule has 2 heterocycles. The van der Waals surface area contributed by atoms with Crippen LogP contribution in [0.5, 0.6) is 0 Å². The Morgan fingerprint density at radius 1 is 1.21 bits per heavy atom. The number of carbonyl (C=O) groups excluding carboxylic acids is 1. The number of benzene rings is 2. The Kier molecular flexibility index (Phi) is 8.25. The van der Waals surface area contributed by atoms with E-state index in [0.29, 0.717) is 18.5 Å². The number of hydrogen-bond acceptors (Lipinski definition) is 5. The molecular formula is C25H25BrCl2N4O5S. The molecule has 4 rings (SSSR count). The monoisotopic (exact) mass is 642 g/mol. The largest absolute Gasteiger partial charge is 0.481 e. The first-order chi connectivity index (χ1) is 17.8. The molecule has 1 atom stereocenters. The molecule has 0 spiro atoms. The van der Waals surface area contributed by atoms with Crippen LogP contribution in [0.15, 0.2) is 58.2 Å². The number of halogens is 3. The topological polar surface area (TPSA) is 113 Å². The van der Waals surface area contributed by atoms with Gasteiger partial charge in [0.1, 0.15) is 0 Å². The number of carboxylic acid groups (broad SMARTS) is 1. The van der Waals surface area contributed by atoms with Gasteiger partial charge in [-0.15, -0.1) is 0 Å². The molecule has 1 amide bonds. The highest BCUT2D eigenvalue weighted by atomic mass is 79.9. The number of aliphatic carboxylic acids is 1. The lowest BCUT2D eigenvalue weighted by Crippen LogP contribution is -2.38. The summed E-state index contributed by atoms with van der Waals surface area (Å²) < 4.78 is 31.3. The van der Waals surface area contributed by atoms with Crippen molar-refractivity contribution in [1.29, 1.82) is 0 Å². The van der Waals surface area contributed by atoms with Gasteiger partial charge in [-0.05, 0) is 62.6 Å². The number of amides is 1. The summed E-state index contributed by atoms with van der Waals surface area (Å²) in [6, 6.07) is 12.2. The maximum atomic E-state index is 13.9. The van der Waals surface area contributed by atoms with Crippen molar-refractivity contribution >= 4 is 73.2 Å². The molecule has 1 fully saturated rings. The molecule has 0 aliphatic carbocycles. The van der Waals surface area contributed by atoms with Gasteiger partial charge < -0.3 is 5.11 Å². The van der Waals surface area contributed by atoms with Crippen LogP contribution < -0.4 is 4.90 Å². The SMILES string of the molecule is CC(C)(Cc1ccc(Br)cc1)n1c(S(=O)(=O)N2CCC(C(=O)O)C2)cnc1N(C=O)c1cc(Cl)cc(Cl)c1. The molecule has 2 aromatic carbocycles. The van der Waals surface area contributed by atoms with E-state index in [4.69, 9.17) is 23.2 Å². The molecule has 1 aliphatic heterocycles. The molecule has 9 nitrogen and oxygen atoms in total. The Bertz CT molecular complexity index is 1460. The summed E-state index contributed by atoms with van der Waals surface area (Å²) in [5.41, 5.74) is 0.328. The summed E-state index contributed by atoms with van der Waals surface area (Å²) in [5, 5.41) is 9.83. The first kappa shape index (κ1) is 28.6. The van der Waals surface area contributed by atoms with Gasteiger partial charge >= 0.3 is 5.97 Å². The highest BCUT2D eigenvalue weighted by molar-refractivity contribution is 9.10. The van der Waals surface area contributed by atoms with Crippen molar-refractivity contribution in [3.8, 4) is 0 Å². The molecule has 1 aromatic heterocycles. The zero-order chi connectivity index (χ0) is 27.8. The van der Waals surface area contributed by atoms with Gasteiger partial charge in [-0.1, -0.05) is 51.3 Å². The Morgan fingerprint density at radius 2 is 1.84 bits per heavy atom. The van der Waals surface area contributed by atoms with Crippen molar-refractivity contribution in [3.63, 3.8) is 0 Å². The number of carbonyl (C=O) groups is 2. The number of nitrogens with zero attached hydrogens (tertiary/aromatic N) is 4. The molecule has 1 N–H and O–H groups in total. The number of aromatic nitrogens is 2. The summed E-state index contributed by atoms with van der Waals surface area (Å²) in [6.07, 6.45) is 2.32. The molecule has 13 heteroatoms. The lowest BCUT2D eigenvalue weighted by Gasteiger charge is -2.33. The predicted octanol–water partition coefficient (Wildman–Crippen LogP) is 5.32. The van der Waals surface area contributed by atoms with E-state index >= 15 is 0 Å². The first-order valence-corrected chi connectivity index (χ1v) is 14.6. The quantitative estimate of drug-likeness (QED) is 0.316. The van der Waals surface area contributed by atoms with Gasteiger partial charge in [0.15, 0.2) is 5.03 Å². The Hall–Kier alpha value is -2.44. The molecule has 0 radical (unpaired) electrons. The van der Waals surface area contributed by atoms with Crippen LogP contribution in [-0.4, -0.2) is 52.8 Å². The maximum absolute atomic E-state index is 13.9. The molecule has 1 unspecified atom stereocenters. The van der Waals surface area contributed by atoms with Crippen LogP contribution in [0, 0.1) is 5.92 Å². The second-order valence-corrected chi connectivity index (χ2v) is 13.3. The molecule has 3 aromatic rings. The zero-order valence-corrected chi connectivity index (χ0v) is 24.4. The van der Waals surface area contributed by atoms with E-state index in [1.54, 1.807) is 0 Å². The van der Waals surface area contributed by atoms with Crippen LogP contribution in [0.25, 0.3) is 0 Å². The summed E-state index contributed by atoms with van der Waals surface area (Å²) >= 11 is 15.8. The van der Waals surface area contributed by atoms with Crippen LogP contribution >= 0.6 is 39.1 Å². The minimum Gasteiger partial charge on any atom is -0.481 e. The molecule has 1 saturated heterocycles. The second kappa shape index (κ2) is 11.0. The van der Waals surface area contributed by atoms with Crippen molar-refractivity contribution < 1.29 is 23.1 Å². The van der Waals surface area contributed by atoms with E-state index in [-0.39, 0.29) is 40.5 Å². The number of sulfonamides is 1. The van der Waals surface area contributed by atoms with Gasteiger partial charge in [0.25, 0.3) is 10.0 Å². The van der Waals surface area contributed by atoms with Gasteiger partial charge in [0.05, 0.1) is 17.8 Å². The van der Waals surface area contributed by atoms with Crippen LogP contribution in [0.2, 0.25) is 10.0 Å². The van der Waals surface area contributed by atoms with E-state index < -0.39 is 27.4 Å².